The van der Waals surface area contributed by atoms with Gasteiger partial charge < -0.3 is 5.11 Å². The second kappa shape index (κ2) is 6.04. The van der Waals surface area contributed by atoms with E-state index in [4.69, 9.17) is 0 Å². The molecule has 1 N–H and O–H groups in total. The van der Waals surface area contributed by atoms with Crippen molar-refractivity contribution in [3.8, 4) is 5.75 Å². The zero-order valence-electron chi connectivity index (χ0n) is 11.7. The number of halogens is 2. The third-order valence-electron chi connectivity index (χ3n) is 3.58. The maximum Gasteiger partial charge on any atom is 0.159 e. The van der Waals surface area contributed by atoms with Crippen molar-refractivity contribution in [2.45, 2.75) is 33.1 Å². The summed E-state index contributed by atoms with van der Waals surface area (Å²) in [5.74, 6) is -1.44. The van der Waals surface area contributed by atoms with E-state index < -0.39 is 11.6 Å². The average Bonchev–Trinajstić information content (AvgIpc) is 2.44. The highest BCUT2D eigenvalue weighted by molar-refractivity contribution is 5.47. The second-order valence-corrected chi connectivity index (χ2v) is 4.84. The first kappa shape index (κ1) is 14.5. The van der Waals surface area contributed by atoms with Crippen LogP contribution in [0.5, 0.6) is 5.75 Å². The molecule has 0 aliphatic rings. The van der Waals surface area contributed by atoms with E-state index in [-0.39, 0.29) is 5.75 Å². The maximum absolute atomic E-state index is 13.2. The second-order valence-electron chi connectivity index (χ2n) is 4.84. The molecule has 0 saturated heterocycles. The van der Waals surface area contributed by atoms with Crippen molar-refractivity contribution in [2.75, 3.05) is 0 Å². The topological polar surface area (TPSA) is 20.2 Å². The van der Waals surface area contributed by atoms with Gasteiger partial charge in [-0.15, -0.1) is 0 Å². The number of aromatic hydroxyl groups is 1. The molecule has 0 fully saturated rings. The Kier molecular flexibility index (Phi) is 4.38. The van der Waals surface area contributed by atoms with Crippen molar-refractivity contribution in [1.82, 2.24) is 0 Å². The van der Waals surface area contributed by atoms with Crippen LogP contribution in [0.1, 0.15) is 36.1 Å². The molecule has 0 aliphatic heterocycles. The van der Waals surface area contributed by atoms with Crippen molar-refractivity contribution >= 4 is 0 Å². The lowest BCUT2D eigenvalue weighted by Crippen LogP contribution is -1.98. The summed E-state index contributed by atoms with van der Waals surface area (Å²) in [7, 11) is 0. The third-order valence-corrected chi connectivity index (χ3v) is 3.58. The van der Waals surface area contributed by atoms with Gasteiger partial charge in [0.25, 0.3) is 0 Å². The fraction of sp³-hybridized carbons (Fsp3) is 0.294. The molecule has 0 bridgehead atoms. The van der Waals surface area contributed by atoms with Crippen LogP contribution in [0.15, 0.2) is 30.3 Å². The molecule has 2 rings (SSSR count). The van der Waals surface area contributed by atoms with Gasteiger partial charge in [-0.3, -0.25) is 0 Å². The van der Waals surface area contributed by atoms with Gasteiger partial charge in [0.2, 0.25) is 0 Å². The van der Waals surface area contributed by atoms with Crippen LogP contribution in [-0.4, -0.2) is 5.11 Å². The monoisotopic (exact) mass is 276 g/mol. The highest BCUT2D eigenvalue weighted by Crippen LogP contribution is 2.29. The molecule has 20 heavy (non-hydrogen) atoms. The summed E-state index contributed by atoms with van der Waals surface area (Å²) < 4.78 is 26.1. The van der Waals surface area contributed by atoms with Gasteiger partial charge in [0.15, 0.2) is 11.6 Å². The number of hydrogen-bond acceptors (Lipinski definition) is 1. The van der Waals surface area contributed by atoms with Crippen LogP contribution in [0, 0.1) is 11.6 Å². The molecule has 0 unspecified atom stereocenters. The molecule has 0 atom stereocenters. The summed E-state index contributed by atoms with van der Waals surface area (Å²) in [6.45, 7) is 4.04. The molecule has 2 aromatic carbocycles. The summed E-state index contributed by atoms with van der Waals surface area (Å²) >= 11 is 0. The number of hydrogen-bond donors (Lipinski definition) is 1. The van der Waals surface area contributed by atoms with E-state index >= 15 is 0 Å². The van der Waals surface area contributed by atoms with Crippen molar-refractivity contribution in [2.24, 2.45) is 0 Å². The van der Waals surface area contributed by atoms with Crippen LogP contribution >= 0.6 is 0 Å². The van der Waals surface area contributed by atoms with E-state index in [1.54, 1.807) is 0 Å². The Bertz CT molecular complexity index is 621. The molecular weight excluding hydrogens is 258 g/mol. The third kappa shape index (κ3) is 2.82. The van der Waals surface area contributed by atoms with Gasteiger partial charge in [0, 0.05) is 6.42 Å². The molecule has 2 aromatic rings. The molecule has 1 nitrogen and oxygen atoms in total. The smallest absolute Gasteiger partial charge is 0.159 e. The summed E-state index contributed by atoms with van der Waals surface area (Å²) in [6.07, 6.45) is 2.00. The largest absolute Gasteiger partial charge is 0.507 e. The summed E-state index contributed by atoms with van der Waals surface area (Å²) in [5.41, 5.74) is 3.45. The van der Waals surface area contributed by atoms with Crippen molar-refractivity contribution in [3.63, 3.8) is 0 Å². The maximum atomic E-state index is 13.2. The minimum atomic E-state index is -0.858. The molecule has 0 heterocycles. The minimum Gasteiger partial charge on any atom is -0.507 e. The Morgan fingerprint density at radius 1 is 0.900 bits per heavy atom. The molecule has 0 saturated carbocycles. The van der Waals surface area contributed by atoms with Crippen molar-refractivity contribution in [3.05, 3.63) is 64.2 Å². The first-order chi connectivity index (χ1) is 9.56. The van der Waals surface area contributed by atoms with Gasteiger partial charge in [-0.05, 0) is 47.2 Å². The van der Waals surface area contributed by atoms with Crippen LogP contribution in [-0.2, 0) is 19.3 Å². The van der Waals surface area contributed by atoms with E-state index in [0.717, 1.165) is 35.6 Å². The molecule has 0 aromatic heterocycles. The number of benzene rings is 2. The Balaban J connectivity index is 2.36. The molecule has 3 heteroatoms. The Morgan fingerprint density at radius 2 is 1.60 bits per heavy atom. The first-order valence-electron chi connectivity index (χ1n) is 6.83. The van der Waals surface area contributed by atoms with Gasteiger partial charge in [0.1, 0.15) is 5.75 Å². The predicted octanol–water partition coefficient (Wildman–Crippen LogP) is 4.39. The minimum absolute atomic E-state index is 0.275. The van der Waals surface area contributed by atoms with Crippen LogP contribution in [0.25, 0.3) is 0 Å². The Morgan fingerprint density at radius 3 is 2.20 bits per heavy atom. The zero-order chi connectivity index (χ0) is 14.7. The molecular formula is C17H18F2O. The van der Waals surface area contributed by atoms with Gasteiger partial charge in [-0.2, -0.15) is 0 Å². The van der Waals surface area contributed by atoms with E-state index in [9.17, 15) is 13.9 Å². The van der Waals surface area contributed by atoms with E-state index in [1.807, 2.05) is 26.0 Å². The highest BCUT2D eigenvalue weighted by atomic mass is 19.2. The van der Waals surface area contributed by atoms with E-state index in [0.29, 0.717) is 12.0 Å². The molecule has 106 valence electrons. The Hall–Kier alpha value is -1.90. The Labute approximate surface area is 117 Å². The van der Waals surface area contributed by atoms with E-state index in [2.05, 4.69) is 0 Å². The quantitative estimate of drug-likeness (QED) is 0.878. The van der Waals surface area contributed by atoms with Gasteiger partial charge >= 0.3 is 0 Å². The zero-order valence-corrected chi connectivity index (χ0v) is 11.7. The lowest BCUT2D eigenvalue weighted by molar-refractivity contribution is 0.461. The number of phenolic OH excluding ortho intramolecular Hbond substituents is 1. The van der Waals surface area contributed by atoms with Crippen LogP contribution < -0.4 is 0 Å². The molecule has 0 radical (unpaired) electrons. The van der Waals surface area contributed by atoms with Crippen LogP contribution in [0.3, 0.4) is 0 Å². The number of aryl methyl sites for hydroxylation is 1. The molecule has 0 aliphatic carbocycles. The summed E-state index contributed by atoms with van der Waals surface area (Å²) in [5, 5.41) is 10.3. The lowest BCUT2D eigenvalue weighted by atomic mass is 9.95. The van der Waals surface area contributed by atoms with Gasteiger partial charge in [-0.1, -0.05) is 32.0 Å². The van der Waals surface area contributed by atoms with Gasteiger partial charge in [0.05, 0.1) is 0 Å². The first-order valence-corrected chi connectivity index (χ1v) is 6.83. The number of rotatable bonds is 4. The normalized spacial score (nSPS) is 10.8. The fourth-order valence-corrected chi connectivity index (χ4v) is 2.46. The highest BCUT2D eigenvalue weighted by Gasteiger charge is 2.11. The summed E-state index contributed by atoms with van der Waals surface area (Å²) in [6, 6.07) is 7.68. The van der Waals surface area contributed by atoms with Gasteiger partial charge in [-0.25, -0.2) is 8.78 Å². The summed E-state index contributed by atoms with van der Waals surface area (Å²) in [4.78, 5) is 0. The fourth-order valence-electron chi connectivity index (χ4n) is 2.46. The standard InChI is InChI=1S/C17H18F2O/c1-3-12-6-7-13(17(20)14(12)4-2)9-11-5-8-15(18)16(19)10-11/h5-8,10,20H,3-4,9H2,1-2H3. The predicted molar refractivity (Wildman–Crippen MR) is 76.0 cm³/mol. The van der Waals surface area contributed by atoms with Crippen LogP contribution in [0.4, 0.5) is 8.78 Å². The van der Waals surface area contributed by atoms with Crippen LogP contribution in [0.2, 0.25) is 0 Å². The van der Waals surface area contributed by atoms with E-state index in [1.165, 1.54) is 12.1 Å². The lowest BCUT2D eigenvalue weighted by Gasteiger charge is -2.13. The molecule has 0 spiro atoms. The SMILES string of the molecule is CCc1ccc(Cc2ccc(F)c(F)c2)c(O)c1CC. The van der Waals surface area contributed by atoms with Crippen molar-refractivity contribution in [1.29, 1.82) is 0 Å². The van der Waals surface area contributed by atoms with Crippen molar-refractivity contribution < 1.29 is 13.9 Å². The molecule has 0 amide bonds. The number of phenols is 1. The average molecular weight is 276 g/mol.